The number of sulfonamides is 1. The number of carboxylic acid groups (broad SMARTS) is 1. The molecule has 0 aliphatic carbocycles. The number of hydrogen-bond acceptors (Lipinski definition) is 4. The van der Waals surface area contributed by atoms with Crippen LogP contribution in [0.1, 0.15) is 10.4 Å². The predicted molar refractivity (Wildman–Crippen MR) is 73.5 cm³/mol. The van der Waals surface area contributed by atoms with Gasteiger partial charge in [0.15, 0.2) is 0 Å². The smallest absolute Gasteiger partial charge is 0.338 e. The van der Waals surface area contributed by atoms with Gasteiger partial charge in [-0.05, 0) is 30.3 Å². The maximum Gasteiger partial charge on any atom is 0.338 e. The van der Waals surface area contributed by atoms with E-state index in [1.54, 1.807) is 0 Å². The minimum atomic E-state index is -3.87. The fraction of sp³-hybridized carbons (Fsp3) is 0. The highest BCUT2D eigenvalue weighted by Crippen LogP contribution is 2.27. The van der Waals surface area contributed by atoms with Crippen LogP contribution in [0.2, 0.25) is 4.34 Å². The lowest BCUT2D eigenvalue weighted by Crippen LogP contribution is -2.12. The fourth-order valence-corrected chi connectivity index (χ4v) is 3.93. The van der Waals surface area contributed by atoms with Crippen molar-refractivity contribution in [3.05, 3.63) is 46.0 Å². The topological polar surface area (TPSA) is 83.5 Å². The van der Waals surface area contributed by atoms with Crippen LogP contribution >= 0.6 is 22.9 Å². The van der Waals surface area contributed by atoms with Gasteiger partial charge in [0, 0.05) is 0 Å². The Kier molecular flexibility index (Phi) is 3.98. The van der Waals surface area contributed by atoms with Gasteiger partial charge in [-0.1, -0.05) is 11.6 Å². The summed E-state index contributed by atoms with van der Waals surface area (Å²) in [5.74, 6) is -2.45. The Labute approximate surface area is 122 Å². The highest BCUT2D eigenvalue weighted by molar-refractivity contribution is 7.94. The number of carboxylic acids is 1. The molecule has 0 radical (unpaired) electrons. The van der Waals surface area contributed by atoms with Crippen LogP contribution in [0.25, 0.3) is 0 Å². The van der Waals surface area contributed by atoms with Crippen molar-refractivity contribution in [2.75, 3.05) is 4.72 Å². The van der Waals surface area contributed by atoms with E-state index in [1.807, 2.05) is 0 Å². The molecular weight excluding hydrogens is 329 g/mol. The Hall–Kier alpha value is -1.64. The third-order valence-electron chi connectivity index (χ3n) is 2.27. The number of benzene rings is 1. The zero-order valence-corrected chi connectivity index (χ0v) is 12.0. The lowest BCUT2D eigenvalue weighted by molar-refractivity contribution is 0.0692. The molecule has 2 aromatic rings. The van der Waals surface area contributed by atoms with Crippen LogP contribution in [0.4, 0.5) is 10.1 Å². The maximum atomic E-state index is 13.4. The first kappa shape index (κ1) is 14.8. The first-order valence-corrected chi connectivity index (χ1v) is 7.78. The van der Waals surface area contributed by atoms with Gasteiger partial charge in [-0.15, -0.1) is 11.3 Å². The van der Waals surface area contributed by atoms with E-state index in [1.165, 1.54) is 18.2 Å². The van der Waals surface area contributed by atoms with E-state index in [0.29, 0.717) is 4.34 Å². The largest absolute Gasteiger partial charge is 0.478 e. The molecule has 0 atom stereocenters. The minimum absolute atomic E-state index is 0.0229. The van der Waals surface area contributed by atoms with Crippen molar-refractivity contribution < 1.29 is 22.7 Å². The third-order valence-corrected chi connectivity index (χ3v) is 5.37. The van der Waals surface area contributed by atoms with Gasteiger partial charge in [-0.2, -0.15) is 0 Å². The molecule has 9 heteroatoms. The van der Waals surface area contributed by atoms with E-state index in [2.05, 4.69) is 4.72 Å². The standard InChI is InChI=1S/C11H7ClFNO4S2/c12-9-3-4-10(19-9)20(17,18)14-6-1-2-7(11(15)16)8(13)5-6/h1-5,14H,(H,15,16). The molecule has 1 heterocycles. The molecule has 0 saturated heterocycles. The van der Waals surface area contributed by atoms with E-state index in [4.69, 9.17) is 16.7 Å². The Morgan fingerprint density at radius 1 is 1.30 bits per heavy atom. The summed E-state index contributed by atoms with van der Waals surface area (Å²) < 4.78 is 39.8. The summed E-state index contributed by atoms with van der Waals surface area (Å²) >= 11 is 6.50. The van der Waals surface area contributed by atoms with Crippen LogP contribution in [0, 0.1) is 5.82 Å². The number of carbonyl (C=O) groups is 1. The molecule has 0 aliphatic rings. The molecule has 0 aliphatic heterocycles. The van der Waals surface area contributed by atoms with Crippen LogP contribution < -0.4 is 4.72 Å². The Balaban J connectivity index is 2.30. The van der Waals surface area contributed by atoms with Crippen molar-refractivity contribution in [3.8, 4) is 0 Å². The zero-order chi connectivity index (χ0) is 14.9. The molecule has 0 fully saturated rings. The predicted octanol–water partition coefficient (Wildman–Crippen LogP) is 3.04. The van der Waals surface area contributed by atoms with E-state index >= 15 is 0 Å². The normalized spacial score (nSPS) is 11.3. The average molecular weight is 336 g/mol. The number of halogens is 2. The molecule has 0 saturated carbocycles. The highest BCUT2D eigenvalue weighted by atomic mass is 35.5. The molecule has 2 N–H and O–H groups in total. The summed E-state index contributed by atoms with van der Waals surface area (Å²) in [5, 5.41) is 8.68. The molecule has 1 aromatic carbocycles. The van der Waals surface area contributed by atoms with Crippen molar-refractivity contribution in [1.82, 2.24) is 0 Å². The van der Waals surface area contributed by atoms with Crippen LogP contribution in [-0.4, -0.2) is 19.5 Å². The first-order chi connectivity index (χ1) is 9.29. The number of thiophene rings is 1. The monoisotopic (exact) mass is 335 g/mol. The van der Waals surface area contributed by atoms with E-state index < -0.39 is 27.4 Å². The second-order valence-electron chi connectivity index (χ2n) is 3.66. The number of rotatable bonds is 4. The summed E-state index contributed by atoms with van der Waals surface area (Å²) in [6, 6.07) is 5.69. The number of aromatic carboxylic acids is 1. The van der Waals surface area contributed by atoms with E-state index in [0.717, 1.165) is 23.5 Å². The summed E-state index contributed by atoms with van der Waals surface area (Å²) in [6.07, 6.45) is 0. The Bertz CT molecular complexity index is 772. The molecule has 20 heavy (non-hydrogen) atoms. The molecule has 5 nitrogen and oxygen atoms in total. The van der Waals surface area contributed by atoms with E-state index in [-0.39, 0.29) is 9.90 Å². The van der Waals surface area contributed by atoms with E-state index in [9.17, 15) is 17.6 Å². The average Bonchev–Trinajstić information content (AvgIpc) is 2.75. The Morgan fingerprint density at radius 3 is 2.50 bits per heavy atom. The third kappa shape index (κ3) is 3.09. The highest BCUT2D eigenvalue weighted by Gasteiger charge is 2.18. The number of anilines is 1. The Morgan fingerprint density at radius 2 is 2.00 bits per heavy atom. The van der Waals surface area contributed by atoms with Crippen LogP contribution in [0.3, 0.4) is 0 Å². The van der Waals surface area contributed by atoms with Crippen LogP contribution in [0.5, 0.6) is 0 Å². The SMILES string of the molecule is O=C(O)c1ccc(NS(=O)(=O)c2ccc(Cl)s2)cc1F. The first-order valence-electron chi connectivity index (χ1n) is 5.10. The summed E-state index contributed by atoms with van der Waals surface area (Å²) in [7, 11) is -3.87. The lowest BCUT2D eigenvalue weighted by atomic mass is 10.2. The molecule has 0 unspecified atom stereocenters. The molecule has 2 rings (SSSR count). The second kappa shape index (κ2) is 5.39. The lowest BCUT2D eigenvalue weighted by Gasteiger charge is -2.07. The van der Waals surface area contributed by atoms with Crippen molar-refractivity contribution in [1.29, 1.82) is 0 Å². The molecule has 0 spiro atoms. The molecule has 106 valence electrons. The minimum Gasteiger partial charge on any atom is -0.478 e. The van der Waals surface area contributed by atoms with Gasteiger partial charge in [-0.3, -0.25) is 4.72 Å². The zero-order valence-electron chi connectivity index (χ0n) is 9.63. The fourth-order valence-electron chi connectivity index (χ4n) is 1.40. The summed E-state index contributed by atoms with van der Waals surface area (Å²) in [4.78, 5) is 10.7. The molecule has 1 aromatic heterocycles. The van der Waals surface area contributed by atoms with Gasteiger partial charge >= 0.3 is 5.97 Å². The summed E-state index contributed by atoms with van der Waals surface area (Å²) in [6.45, 7) is 0. The van der Waals surface area contributed by atoms with Crippen LogP contribution in [0.15, 0.2) is 34.5 Å². The van der Waals surface area contributed by atoms with Crippen molar-refractivity contribution in [2.45, 2.75) is 4.21 Å². The number of hydrogen-bond donors (Lipinski definition) is 2. The quantitative estimate of drug-likeness (QED) is 0.899. The maximum absolute atomic E-state index is 13.4. The summed E-state index contributed by atoms with van der Waals surface area (Å²) in [5.41, 5.74) is -0.607. The van der Waals surface area contributed by atoms with Gasteiger partial charge in [0.25, 0.3) is 10.0 Å². The molecule has 0 amide bonds. The van der Waals surface area contributed by atoms with Crippen molar-refractivity contribution >= 4 is 44.6 Å². The van der Waals surface area contributed by atoms with Crippen molar-refractivity contribution in [3.63, 3.8) is 0 Å². The van der Waals surface area contributed by atoms with Crippen molar-refractivity contribution in [2.24, 2.45) is 0 Å². The number of nitrogens with one attached hydrogen (secondary N) is 1. The molecular formula is C11H7ClFNO4S2. The van der Waals surface area contributed by atoms with Gasteiger partial charge < -0.3 is 5.11 Å². The van der Waals surface area contributed by atoms with Crippen LogP contribution in [-0.2, 0) is 10.0 Å². The molecule has 0 bridgehead atoms. The van der Waals surface area contributed by atoms with Gasteiger partial charge in [0.05, 0.1) is 15.6 Å². The van der Waals surface area contributed by atoms with Gasteiger partial charge in [0.2, 0.25) is 0 Å². The van der Waals surface area contributed by atoms with Gasteiger partial charge in [0.1, 0.15) is 10.0 Å². The second-order valence-corrected chi connectivity index (χ2v) is 7.29. The van der Waals surface area contributed by atoms with Gasteiger partial charge in [-0.25, -0.2) is 17.6 Å².